The van der Waals surface area contributed by atoms with Crippen molar-refractivity contribution in [1.82, 2.24) is 4.31 Å². The van der Waals surface area contributed by atoms with Gasteiger partial charge in [0.05, 0.1) is 10.5 Å². The fourth-order valence-corrected chi connectivity index (χ4v) is 4.95. The normalized spacial score (nSPS) is 14.5. The van der Waals surface area contributed by atoms with Crippen LogP contribution in [-0.2, 0) is 10.0 Å². The quantitative estimate of drug-likeness (QED) is 0.647. The Morgan fingerprint density at radius 1 is 0.969 bits per heavy atom. The minimum Gasteiger partial charge on any atom is -0.372 e. The van der Waals surface area contributed by atoms with Crippen LogP contribution in [0.1, 0.15) is 43.5 Å². The summed E-state index contributed by atoms with van der Waals surface area (Å²) in [5, 5.41) is 2.96. The van der Waals surface area contributed by atoms with Gasteiger partial charge in [-0.2, -0.15) is 0 Å². The number of nitrogens with one attached hydrogen (secondary N) is 1. The number of rotatable bonds is 8. The third kappa shape index (κ3) is 5.24. The van der Waals surface area contributed by atoms with Crippen molar-refractivity contribution < 1.29 is 13.2 Å². The van der Waals surface area contributed by atoms with Crippen molar-refractivity contribution in [2.45, 2.75) is 38.0 Å². The van der Waals surface area contributed by atoms with Gasteiger partial charge in [0.25, 0.3) is 5.91 Å². The molecule has 174 valence electrons. The second kappa shape index (κ2) is 10.4. The van der Waals surface area contributed by atoms with Crippen molar-refractivity contribution in [3.05, 3.63) is 48.0 Å². The smallest absolute Gasteiger partial charge is 0.257 e. The lowest BCUT2D eigenvalue weighted by atomic mass is 10.1. The maximum atomic E-state index is 13.3. The van der Waals surface area contributed by atoms with Crippen LogP contribution in [0.4, 0.5) is 17.1 Å². The first-order chi connectivity index (χ1) is 15.3. The number of amides is 1. The minimum atomic E-state index is -3.64. The Hall–Kier alpha value is -2.58. The summed E-state index contributed by atoms with van der Waals surface area (Å²) in [6, 6.07) is 12.6. The Bertz CT molecular complexity index is 1030. The number of piperidine rings is 1. The van der Waals surface area contributed by atoms with Crippen molar-refractivity contribution in [3.8, 4) is 0 Å². The zero-order valence-corrected chi connectivity index (χ0v) is 20.3. The standard InChI is InChI=1S/C24H34N4O3S/c1-5-27(6-2)20-12-10-19(11-13-20)25-24(29)22-18-21(32(30,31)26(3)4)14-15-23(22)28-16-8-7-9-17-28/h10-15,18H,5-9,16-17H2,1-4H3,(H,25,29). The van der Waals surface area contributed by atoms with E-state index < -0.39 is 10.0 Å². The van der Waals surface area contributed by atoms with Crippen LogP contribution in [0.25, 0.3) is 0 Å². The second-order valence-electron chi connectivity index (χ2n) is 8.19. The summed E-state index contributed by atoms with van der Waals surface area (Å²) in [6.45, 7) is 7.76. The highest BCUT2D eigenvalue weighted by atomic mass is 32.2. The van der Waals surface area contributed by atoms with Gasteiger partial charge in [-0.15, -0.1) is 0 Å². The van der Waals surface area contributed by atoms with Crippen LogP contribution in [0.2, 0.25) is 0 Å². The zero-order valence-electron chi connectivity index (χ0n) is 19.5. The van der Waals surface area contributed by atoms with Crippen molar-refractivity contribution in [2.75, 3.05) is 55.4 Å². The van der Waals surface area contributed by atoms with Crippen molar-refractivity contribution in [3.63, 3.8) is 0 Å². The lowest BCUT2D eigenvalue weighted by Crippen LogP contribution is -2.32. The van der Waals surface area contributed by atoms with Crippen LogP contribution < -0.4 is 15.1 Å². The molecule has 1 aliphatic rings. The molecule has 0 aliphatic carbocycles. The summed E-state index contributed by atoms with van der Waals surface area (Å²) in [5.74, 6) is -0.308. The molecule has 1 aliphatic heterocycles. The van der Waals surface area contributed by atoms with Gasteiger partial charge in [0.1, 0.15) is 0 Å². The summed E-state index contributed by atoms with van der Waals surface area (Å²) < 4.78 is 26.5. The third-order valence-electron chi connectivity index (χ3n) is 5.94. The molecule has 1 saturated heterocycles. The number of benzene rings is 2. The molecular weight excluding hydrogens is 424 g/mol. The first-order valence-electron chi connectivity index (χ1n) is 11.3. The molecule has 0 atom stereocenters. The van der Waals surface area contributed by atoms with Crippen LogP contribution in [-0.4, -0.2) is 58.9 Å². The summed E-state index contributed by atoms with van der Waals surface area (Å²) >= 11 is 0. The van der Waals surface area contributed by atoms with E-state index in [9.17, 15) is 13.2 Å². The molecule has 8 heteroatoms. The van der Waals surface area contributed by atoms with Crippen LogP contribution in [0.3, 0.4) is 0 Å². The van der Waals surface area contributed by atoms with E-state index in [-0.39, 0.29) is 10.8 Å². The molecule has 1 N–H and O–H groups in total. The summed E-state index contributed by atoms with van der Waals surface area (Å²) in [7, 11) is -0.663. The lowest BCUT2D eigenvalue weighted by Gasteiger charge is -2.30. The first-order valence-corrected chi connectivity index (χ1v) is 12.7. The molecule has 1 heterocycles. The fraction of sp³-hybridized carbons (Fsp3) is 0.458. The number of hydrogen-bond donors (Lipinski definition) is 1. The van der Waals surface area contributed by atoms with E-state index in [0.29, 0.717) is 11.3 Å². The van der Waals surface area contributed by atoms with Crippen LogP contribution in [0, 0.1) is 0 Å². The number of nitrogens with zero attached hydrogens (tertiary/aromatic N) is 3. The zero-order chi connectivity index (χ0) is 23.3. The van der Waals surface area contributed by atoms with E-state index in [4.69, 9.17) is 0 Å². The van der Waals surface area contributed by atoms with Gasteiger partial charge in [-0.25, -0.2) is 12.7 Å². The van der Waals surface area contributed by atoms with E-state index in [2.05, 4.69) is 29.0 Å². The second-order valence-corrected chi connectivity index (χ2v) is 10.3. The number of carbonyl (C=O) groups excluding carboxylic acids is 1. The van der Waals surface area contributed by atoms with Crippen molar-refractivity contribution in [2.24, 2.45) is 0 Å². The molecule has 0 spiro atoms. The average molecular weight is 459 g/mol. The van der Waals surface area contributed by atoms with Gasteiger partial charge in [0.15, 0.2) is 0 Å². The van der Waals surface area contributed by atoms with E-state index >= 15 is 0 Å². The van der Waals surface area contributed by atoms with Gasteiger partial charge in [0, 0.05) is 57.3 Å². The highest BCUT2D eigenvalue weighted by molar-refractivity contribution is 7.89. The number of anilines is 3. The van der Waals surface area contributed by atoms with Gasteiger partial charge >= 0.3 is 0 Å². The summed E-state index contributed by atoms with van der Waals surface area (Å²) in [5.41, 5.74) is 2.93. The molecule has 2 aromatic rings. The maximum absolute atomic E-state index is 13.3. The van der Waals surface area contributed by atoms with Crippen molar-refractivity contribution >= 4 is 33.0 Å². The Kier molecular flexibility index (Phi) is 7.79. The fourth-order valence-electron chi connectivity index (χ4n) is 4.02. The van der Waals surface area contributed by atoms with Crippen LogP contribution in [0.5, 0.6) is 0 Å². The topological polar surface area (TPSA) is 73.0 Å². The number of hydrogen-bond acceptors (Lipinski definition) is 5. The summed E-state index contributed by atoms with van der Waals surface area (Å²) in [6.07, 6.45) is 3.29. The maximum Gasteiger partial charge on any atom is 0.257 e. The van der Waals surface area contributed by atoms with Crippen LogP contribution >= 0.6 is 0 Å². The molecule has 32 heavy (non-hydrogen) atoms. The molecule has 3 rings (SSSR count). The predicted molar refractivity (Wildman–Crippen MR) is 131 cm³/mol. The van der Waals surface area contributed by atoms with Gasteiger partial charge in [-0.05, 0) is 75.6 Å². The molecule has 1 fully saturated rings. The molecular formula is C24H34N4O3S. The highest BCUT2D eigenvalue weighted by Gasteiger charge is 2.24. The van der Waals surface area contributed by atoms with Crippen molar-refractivity contribution in [1.29, 1.82) is 0 Å². The Morgan fingerprint density at radius 2 is 1.59 bits per heavy atom. The first kappa shape index (κ1) is 24.1. The molecule has 7 nitrogen and oxygen atoms in total. The molecule has 0 bridgehead atoms. The van der Waals surface area contributed by atoms with Gasteiger partial charge in [-0.1, -0.05) is 0 Å². The third-order valence-corrected chi connectivity index (χ3v) is 7.75. The monoisotopic (exact) mass is 458 g/mol. The molecule has 0 aromatic heterocycles. The predicted octanol–water partition coefficient (Wildman–Crippen LogP) is 4.03. The lowest BCUT2D eigenvalue weighted by molar-refractivity contribution is 0.102. The van der Waals surface area contributed by atoms with E-state index in [0.717, 1.165) is 54.7 Å². The van der Waals surface area contributed by atoms with Gasteiger partial charge in [-0.3, -0.25) is 4.79 Å². The van der Waals surface area contributed by atoms with E-state index in [1.807, 2.05) is 24.3 Å². The Balaban J connectivity index is 1.93. The average Bonchev–Trinajstić information content (AvgIpc) is 2.81. The molecule has 2 aromatic carbocycles. The molecule has 0 saturated carbocycles. The SMILES string of the molecule is CCN(CC)c1ccc(NC(=O)c2cc(S(=O)(=O)N(C)C)ccc2N2CCCCC2)cc1. The number of carbonyl (C=O) groups is 1. The minimum absolute atomic E-state index is 0.116. The molecule has 1 amide bonds. The molecule has 0 radical (unpaired) electrons. The largest absolute Gasteiger partial charge is 0.372 e. The van der Waals surface area contributed by atoms with Gasteiger partial charge < -0.3 is 15.1 Å². The highest BCUT2D eigenvalue weighted by Crippen LogP contribution is 2.29. The van der Waals surface area contributed by atoms with E-state index in [1.54, 1.807) is 12.1 Å². The van der Waals surface area contributed by atoms with E-state index in [1.165, 1.54) is 26.6 Å². The van der Waals surface area contributed by atoms with Gasteiger partial charge in [0.2, 0.25) is 10.0 Å². The number of sulfonamides is 1. The summed E-state index contributed by atoms with van der Waals surface area (Å²) in [4.78, 5) is 17.8. The van der Waals surface area contributed by atoms with Crippen LogP contribution in [0.15, 0.2) is 47.4 Å². The Labute approximate surface area is 192 Å². The Morgan fingerprint density at radius 3 is 2.16 bits per heavy atom. The molecule has 0 unspecified atom stereocenters.